The van der Waals surface area contributed by atoms with Crippen molar-refractivity contribution < 1.29 is 23.5 Å². The van der Waals surface area contributed by atoms with Crippen molar-refractivity contribution in [1.29, 1.82) is 0 Å². The van der Waals surface area contributed by atoms with Gasteiger partial charge in [0.2, 0.25) is 0 Å². The maximum Gasteiger partial charge on any atom is 0.322 e. The summed E-state index contributed by atoms with van der Waals surface area (Å²) in [6.45, 7) is 2.32. The second kappa shape index (κ2) is 6.87. The SMILES string of the molecule is CCc1ccc2oc([C@]3(CN4Cc5ccc(OC)cc5C4=O)NC(=O)NC3=O)cc2c1. The predicted octanol–water partition coefficient (Wildman–Crippen LogP) is 2.69. The normalized spacial score (nSPS) is 20.2. The van der Waals surface area contributed by atoms with E-state index in [1.807, 2.05) is 24.3 Å². The van der Waals surface area contributed by atoms with Gasteiger partial charge in [-0.15, -0.1) is 0 Å². The summed E-state index contributed by atoms with van der Waals surface area (Å²) in [5.74, 6) is 0.0974. The number of rotatable bonds is 5. The van der Waals surface area contributed by atoms with Gasteiger partial charge in [-0.2, -0.15) is 0 Å². The summed E-state index contributed by atoms with van der Waals surface area (Å²) in [6, 6.07) is 12.3. The Morgan fingerprint density at radius 1 is 1.13 bits per heavy atom. The number of urea groups is 1. The third-order valence-electron chi connectivity index (χ3n) is 5.98. The lowest BCUT2D eigenvalue weighted by molar-refractivity contribution is -0.125. The van der Waals surface area contributed by atoms with E-state index in [4.69, 9.17) is 9.15 Å². The van der Waals surface area contributed by atoms with Crippen LogP contribution in [0.3, 0.4) is 0 Å². The van der Waals surface area contributed by atoms with E-state index in [0.29, 0.717) is 29.2 Å². The standard InChI is InChI=1S/C23H21N3O5/c1-3-13-4-7-18-15(8-13)9-19(31-18)23(21(28)24-22(29)25-23)12-26-11-14-5-6-16(30-2)10-17(14)20(26)27/h4-10H,3,11-12H2,1-2H3,(H2,24,25,28,29)/t23-/m0/s1. The van der Waals surface area contributed by atoms with Crippen molar-refractivity contribution in [3.63, 3.8) is 0 Å². The highest BCUT2D eigenvalue weighted by Gasteiger charge is 2.53. The number of hydrogen-bond donors (Lipinski definition) is 2. The molecule has 3 aromatic rings. The van der Waals surface area contributed by atoms with Crippen LogP contribution in [0.1, 0.15) is 34.2 Å². The summed E-state index contributed by atoms with van der Waals surface area (Å²) < 4.78 is 11.2. The zero-order chi connectivity index (χ0) is 21.8. The van der Waals surface area contributed by atoms with E-state index in [1.54, 1.807) is 23.1 Å². The molecular formula is C23H21N3O5. The van der Waals surface area contributed by atoms with Crippen LogP contribution in [0.5, 0.6) is 5.75 Å². The molecule has 0 saturated carbocycles. The van der Waals surface area contributed by atoms with E-state index < -0.39 is 17.5 Å². The molecule has 0 unspecified atom stereocenters. The van der Waals surface area contributed by atoms with Gasteiger partial charge in [0.15, 0.2) is 5.54 Å². The highest BCUT2D eigenvalue weighted by Crippen LogP contribution is 2.35. The molecule has 0 spiro atoms. The van der Waals surface area contributed by atoms with Gasteiger partial charge in [0.05, 0.1) is 13.7 Å². The quantitative estimate of drug-likeness (QED) is 0.620. The van der Waals surface area contributed by atoms with Crippen molar-refractivity contribution in [3.8, 4) is 5.75 Å². The highest BCUT2D eigenvalue weighted by atomic mass is 16.5. The van der Waals surface area contributed by atoms with Crippen LogP contribution < -0.4 is 15.4 Å². The molecule has 0 radical (unpaired) electrons. The molecular weight excluding hydrogens is 398 g/mol. The first-order valence-electron chi connectivity index (χ1n) is 10.1. The number of nitrogens with zero attached hydrogens (tertiary/aromatic N) is 1. The molecule has 1 aromatic heterocycles. The van der Waals surface area contributed by atoms with Gasteiger partial charge in [0, 0.05) is 17.5 Å². The molecule has 2 aliphatic heterocycles. The molecule has 31 heavy (non-hydrogen) atoms. The molecule has 0 aliphatic carbocycles. The number of benzene rings is 2. The number of aryl methyl sites for hydroxylation is 1. The first-order valence-corrected chi connectivity index (χ1v) is 10.1. The number of amides is 4. The second-order valence-corrected chi connectivity index (χ2v) is 7.83. The minimum absolute atomic E-state index is 0.0547. The smallest absolute Gasteiger partial charge is 0.322 e. The lowest BCUT2D eigenvalue weighted by Crippen LogP contribution is -2.52. The summed E-state index contributed by atoms with van der Waals surface area (Å²) in [5, 5.41) is 5.84. The van der Waals surface area contributed by atoms with Gasteiger partial charge in [0.25, 0.3) is 11.8 Å². The molecule has 1 saturated heterocycles. The van der Waals surface area contributed by atoms with Crippen molar-refractivity contribution in [1.82, 2.24) is 15.5 Å². The Hall–Kier alpha value is -3.81. The van der Waals surface area contributed by atoms with Crippen molar-refractivity contribution in [2.45, 2.75) is 25.4 Å². The van der Waals surface area contributed by atoms with Crippen LogP contribution in [0.2, 0.25) is 0 Å². The van der Waals surface area contributed by atoms with Gasteiger partial charge in [0.1, 0.15) is 17.1 Å². The van der Waals surface area contributed by atoms with Crippen molar-refractivity contribution in [3.05, 3.63) is 64.9 Å². The number of ether oxygens (including phenoxy) is 1. The Balaban J connectivity index is 1.54. The molecule has 2 aliphatic rings. The van der Waals surface area contributed by atoms with Crippen LogP contribution in [-0.2, 0) is 23.3 Å². The van der Waals surface area contributed by atoms with Crippen LogP contribution in [0.15, 0.2) is 46.9 Å². The van der Waals surface area contributed by atoms with Crippen molar-refractivity contribution >= 4 is 28.8 Å². The first kappa shape index (κ1) is 19.2. The maximum absolute atomic E-state index is 13.1. The molecule has 5 rings (SSSR count). The van der Waals surface area contributed by atoms with Crippen LogP contribution in [-0.4, -0.2) is 36.4 Å². The largest absolute Gasteiger partial charge is 0.497 e. The monoisotopic (exact) mass is 419 g/mol. The Kier molecular flexibility index (Phi) is 4.25. The number of imide groups is 1. The summed E-state index contributed by atoms with van der Waals surface area (Å²) in [5.41, 5.74) is 1.60. The molecule has 4 amide bonds. The molecule has 8 nitrogen and oxygen atoms in total. The zero-order valence-corrected chi connectivity index (χ0v) is 17.2. The van der Waals surface area contributed by atoms with Gasteiger partial charge in [-0.05, 0) is 47.9 Å². The molecule has 0 bridgehead atoms. The minimum atomic E-state index is -1.51. The average molecular weight is 419 g/mol. The molecule has 1 fully saturated rings. The summed E-state index contributed by atoms with van der Waals surface area (Å²) in [4.78, 5) is 39.7. The molecule has 158 valence electrons. The van der Waals surface area contributed by atoms with E-state index in [0.717, 1.165) is 22.9 Å². The molecule has 2 N–H and O–H groups in total. The Labute approximate surface area is 178 Å². The zero-order valence-electron chi connectivity index (χ0n) is 17.2. The predicted molar refractivity (Wildman–Crippen MR) is 112 cm³/mol. The van der Waals surface area contributed by atoms with Gasteiger partial charge in [-0.1, -0.05) is 19.1 Å². The third-order valence-corrected chi connectivity index (χ3v) is 5.98. The van der Waals surface area contributed by atoms with Crippen LogP contribution in [0.25, 0.3) is 11.0 Å². The lowest BCUT2D eigenvalue weighted by atomic mass is 9.95. The molecule has 3 heterocycles. The number of carbonyl (C=O) groups excluding carboxylic acids is 3. The fourth-order valence-corrected chi connectivity index (χ4v) is 4.26. The van der Waals surface area contributed by atoms with Gasteiger partial charge in [-0.25, -0.2) is 4.79 Å². The Morgan fingerprint density at radius 3 is 2.68 bits per heavy atom. The number of carbonyl (C=O) groups is 3. The summed E-state index contributed by atoms with van der Waals surface area (Å²) in [7, 11) is 1.54. The highest BCUT2D eigenvalue weighted by molar-refractivity contribution is 6.08. The lowest BCUT2D eigenvalue weighted by Gasteiger charge is -2.29. The van der Waals surface area contributed by atoms with E-state index in [-0.39, 0.29) is 12.5 Å². The number of nitrogens with one attached hydrogen (secondary N) is 2. The van der Waals surface area contributed by atoms with Crippen molar-refractivity contribution in [2.75, 3.05) is 13.7 Å². The fourth-order valence-electron chi connectivity index (χ4n) is 4.26. The van der Waals surface area contributed by atoms with E-state index >= 15 is 0 Å². The minimum Gasteiger partial charge on any atom is -0.497 e. The van der Waals surface area contributed by atoms with E-state index in [9.17, 15) is 14.4 Å². The third kappa shape index (κ3) is 2.94. The maximum atomic E-state index is 13.1. The van der Waals surface area contributed by atoms with Gasteiger partial charge < -0.3 is 19.4 Å². The average Bonchev–Trinajstić information content (AvgIpc) is 3.41. The van der Waals surface area contributed by atoms with E-state index in [2.05, 4.69) is 17.6 Å². The summed E-state index contributed by atoms with van der Waals surface area (Å²) in [6.07, 6.45) is 0.864. The van der Waals surface area contributed by atoms with E-state index in [1.165, 1.54) is 7.11 Å². The summed E-state index contributed by atoms with van der Waals surface area (Å²) >= 11 is 0. The van der Waals surface area contributed by atoms with Crippen LogP contribution >= 0.6 is 0 Å². The van der Waals surface area contributed by atoms with Gasteiger partial charge in [-0.3, -0.25) is 14.9 Å². The molecule has 2 aromatic carbocycles. The second-order valence-electron chi connectivity index (χ2n) is 7.83. The fraction of sp³-hybridized carbons (Fsp3) is 0.261. The molecule has 8 heteroatoms. The van der Waals surface area contributed by atoms with Crippen molar-refractivity contribution in [2.24, 2.45) is 0 Å². The Morgan fingerprint density at radius 2 is 1.97 bits per heavy atom. The first-order chi connectivity index (χ1) is 14.9. The number of fused-ring (bicyclic) bond motifs is 2. The van der Waals surface area contributed by atoms with Gasteiger partial charge >= 0.3 is 6.03 Å². The molecule has 1 atom stereocenters. The number of methoxy groups -OCH3 is 1. The van der Waals surface area contributed by atoms with Crippen LogP contribution in [0, 0.1) is 0 Å². The number of furan rings is 1. The topological polar surface area (TPSA) is 101 Å². The Bertz CT molecular complexity index is 1250. The number of hydrogen-bond acceptors (Lipinski definition) is 5. The van der Waals surface area contributed by atoms with Crippen LogP contribution in [0.4, 0.5) is 4.79 Å².